The first-order chi connectivity index (χ1) is 8.14. The zero-order chi connectivity index (χ0) is 12.3. The van der Waals surface area contributed by atoms with Crippen molar-refractivity contribution in [3.63, 3.8) is 0 Å². The quantitative estimate of drug-likeness (QED) is 0.854. The van der Waals surface area contributed by atoms with Crippen LogP contribution in [0.4, 0.5) is 0 Å². The van der Waals surface area contributed by atoms with E-state index in [9.17, 15) is 5.26 Å². The predicted molar refractivity (Wildman–Crippen MR) is 69.5 cm³/mol. The monoisotopic (exact) mass is 289 g/mol. The first kappa shape index (κ1) is 11.9. The first-order valence-corrected chi connectivity index (χ1v) is 6.13. The van der Waals surface area contributed by atoms with E-state index in [1.54, 1.807) is 6.26 Å². The lowest BCUT2D eigenvalue weighted by Crippen LogP contribution is -2.22. The molecule has 0 radical (unpaired) electrons. The van der Waals surface area contributed by atoms with E-state index in [0.717, 1.165) is 15.8 Å². The predicted octanol–water partition coefficient (Wildman–Crippen LogP) is 4.07. The Morgan fingerprint density at radius 2 is 2.18 bits per heavy atom. The summed E-state index contributed by atoms with van der Waals surface area (Å²) in [6.45, 7) is 1.93. The van der Waals surface area contributed by atoms with Gasteiger partial charge in [-0.3, -0.25) is 0 Å². The van der Waals surface area contributed by atoms with E-state index < -0.39 is 5.41 Å². The Hall–Kier alpha value is -1.53. The molecule has 0 aliphatic carbocycles. The number of furan rings is 1. The summed E-state index contributed by atoms with van der Waals surface area (Å²) in [5, 5.41) is 9.42. The number of benzene rings is 1. The second-order valence-corrected chi connectivity index (χ2v) is 5.13. The molecule has 0 N–H and O–H groups in total. The van der Waals surface area contributed by atoms with Crippen LogP contribution in [0.3, 0.4) is 0 Å². The Morgan fingerprint density at radius 1 is 1.35 bits per heavy atom. The van der Waals surface area contributed by atoms with E-state index in [4.69, 9.17) is 4.42 Å². The summed E-state index contributed by atoms with van der Waals surface area (Å²) in [5.74, 6) is 0.828. The molecule has 3 heteroatoms. The van der Waals surface area contributed by atoms with Crippen LogP contribution in [0.25, 0.3) is 0 Å². The Kier molecular flexibility index (Phi) is 3.35. The van der Waals surface area contributed by atoms with Crippen LogP contribution in [0.1, 0.15) is 18.2 Å². The van der Waals surface area contributed by atoms with Gasteiger partial charge in [-0.05, 0) is 36.8 Å². The van der Waals surface area contributed by atoms with Gasteiger partial charge in [0.05, 0.1) is 17.7 Å². The average Bonchev–Trinajstić information content (AvgIpc) is 2.81. The number of halogens is 1. The lowest BCUT2D eigenvalue weighted by Gasteiger charge is -2.21. The molecule has 1 atom stereocenters. The second-order valence-electron chi connectivity index (χ2n) is 4.21. The molecule has 0 spiro atoms. The molecule has 0 aliphatic rings. The van der Waals surface area contributed by atoms with Crippen LogP contribution in [-0.2, 0) is 11.8 Å². The molecule has 0 saturated carbocycles. The van der Waals surface area contributed by atoms with Gasteiger partial charge < -0.3 is 4.42 Å². The Morgan fingerprint density at radius 3 is 2.76 bits per heavy atom. The van der Waals surface area contributed by atoms with Crippen LogP contribution in [-0.4, -0.2) is 0 Å². The van der Waals surface area contributed by atoms with Gasteiger partial charge in [-0.2, -0.15) is 5.26 Å². The van der Waals surface area contributed by atoms with Crippen LogP contribution in [0, 0.1) is 11.3 Å². The third-order valence-electron chi connectivity index (χ3n) is 2.82. The molecule has 1 aromatic heterocycles. The van der Waals surface area contributed by atoms with Gasteiger partial charge in [0, 0.05) is 10.9 Å². The van der Waals surface area contributed by atoms with Crippen molar-refractivity contribution in [2.24, 2.45) is 0 Å². The van der Waals surface area contributed by atoms with Gasteiger partial charge in [-0.1, -0.05) is 28.1 Å². The molecule has 1 unspecified atom stereocenters. The van der Waals surface area contributed by atoms with Crippen molar-refractivity contribution in [3.05, 3.63) is 58.5 Å². The van der Waals surface area contributed by atoms with Crippen LogP contribution in [0.2, 0.25) is 0 Å². The van der Waals surface area contributed by atoms with E-state index >= 15 is 0 Å². The molecule has 17 heavy (non-hydrogen) atoms. The third kappa shape index (κ3) is 2.59. The van der Waals surface area contributed by atoms with Crippen molar-refractivity contribution in [2.45, 2.75) is 18.8 Å². The average molecular weight is 290 g/mol. The molecule has 0 amide bonds. The maximum atomic E-state index is 9.42. The Balaban J connectivity index is 2.35. The van der Waals surface area contributed by atoms with Gasteiger partial charge in [0.15, 0.2) is 0 Å². The summed E-state index contributed by atoms with van der Waals surface area (Å²) in [4.78, 5) is 0. The number of rotatable bonds is 3. The molecule has 2 aromatic rings. The topological polar surface area (TPSA) is 36.9 Å². The molecule has 2 rings (SSSR count). The minimum Gasteiger partial charge on any atom is -0.469 e. The number of nitrogens with zero attached hydrogens (tertiary/aromatic N) is 1. The number of hydrogen-bond donors (Lipinski definition) is 0. The SMILES string of the molecule is CC(C#N)(Cc1ccco1)c1cccc(Br)c1. The molecule has 0 aliphatic heterocycles. The zero-order valence-electron chi connectivity index (χ0n) is 9.48. The summed E-state index contributed by atoms with van der Waals surface area (Å²) in [6.07, 6.45) is 2.21. The largest absolute Gasteiger partial charge is 0.469 e. The maximum Gasteiger partial charge on any atom is 0.105 e. The lowest BCUT2D eigenvalue weighted by molar-refractivity contribution is 0.462. The Bertz CT molecular complexity index is 542. The van der Waals surface area contributed by atoms with Gasteiger partial charge in [-0.25, -0.2) is 0 Å². The van der Waals surface area contributed by atoms with Crippen molar-refractivity contribution in [2.75, 3.05) is 0 Å². The molecule has 1 aromatic carbocycles. The van der Waals surface area contributed by atoms with E-state index in [2.05, 4.69) is 22.0 Å². The van der Waals surface area contributed by atoms with Crippen molar-refractivity contribution in [1.29, 1.82) is 5.26 Å². The van der Waals surface area contributed by atoms with Gasteiger partial charge in [0.2, 0.25) is 0 Å². The standard InChI is InChI=1S/C14H12BrNO/c1-14(10-16,9-13-6-3-7-17-13)11-4-2-5-12(15)8-11/h2-8H,9H2,1H3. The van der Waals surface area contributed by atoms with Crippen molar-refractivity contribution in [1.82, 2.24) is 0 Å². The summed E-state index contributed by atoms with van der Waals surface area (Å²) in [7, 11) is 0. The fourth-order valence-electron chi connectivity index (χ4n) is 1.80. The van der Waals surface area contributed by atoms with E-state index in [1.165, 1.54) is 0 Å². The van der Waals surface area contributed by atoms with Gasteiger partial charge in [0.1, 0.15) is 5.76 Å². The molecule has 1 heterocycles. The highest BCUT2D eigenvalue weighted by molar-refractivity contribution is 9.10. The highest BCUT2D eigenvalue weighted by Gasteiger charge is 2.28. The summed E-state index contributed by atoms with van der Waals surface area (Å²) >= 11 is 3.43. The van der Waals surface area contributed by atoms with Crippen LogP contribution < -0.4 is 0 Å². The normalized spacial score (nSPS) is 13.9. The van der Waals surface area contributed by atoms with E-state index in [1.807, 2.05) is 43.3 Å². The highest BCUT2D eigenvalue weighted by Crippen LogP contribution is 2.29. The fraction of sp³-hybridized carbons (Fsp3) is 0.214. The minimum atomic E-state index is -0.568. The van der Waals surface area contributed by atoms with Gasteiger partial charge >= 0.3 is 0 Å². The molecule has 2 nitrogen and oxygen atoms in total. The van der Waals surface area contributed by atoms with Crippen molar-refractivity contribution in [3.8, 4) is 6.07 Å². The molecule has 0 saturated heterocycles. The number of nitriles is 1. The van der Waals surface area contributed by atoms with Gasteiger partial charge in [-0.15, -0.1) is 0 Å². The Labute approximate surface area is 109 Å². The van der Waals surface area contributed by atoms with Crippen LogP contribution >= 0.6 is 15.9 Å². The lowest BCUT2D eigenvalue weighted by atomic mass is 9.80. The summed E-state index contributed by atoms with van der Waals surface area (Å²) < 4.78 is 6.30. The van der Waals surface area contributed by atoms with E-state index in [0.29, 0.717) is 6.42 Å². The van der Waals surface area contributed by atoms with Crippen LogP contribution in [0.15, 0.2) is 51.6 Å². The third-order valence-corrected chi connectivity index (χ3v) is 3.31. The smallest absolute Gasteiger partial charge is 0.105 e. The molecule has 0 bridgehead atoms. The van der Waals surface area contributed by atoms with Gasteiger partial charge in [0.25, 0.3) is 0 Å². The highest BCUT2D eigenvalue weighted by atomic mass is 79.9. The fourth-order valence-corrected chi connectivity index (χ4v) is 2.20. The second kappa shape index (κ2) is 4.77. The first-order valence-electron chi connectivity index (χ1n) is 5.34. The summed E-state index contributed by atoms with van der Waals surface area (Å²) in [5.41, 5.74) is 0.424. The molecule has 0 fully saturated rings. The summed E-state index contributed by atoms with van der Waals surface area (Å²) in [6, 6.07) is 14.0. The van der Waals surface area contributed by atoms with E-state index in [-0.39, 0.29) is 0 Å². The maximum absolute atomic E-state index is 9.42. The van der Waals surface area contributed by atoms with Crippen LogP contribution in [0.5, 0.6) is 0 Å². The molecular formula is C14H12BrNO. The minimum absolute atomic E-state index is 0.568. The molecular weight excluding hydrogens is 278 g/mol. The number of hydrogen-bond acceptors (Lipinski definition) is 2. The van der Waals surface area contributed by atoms with Crippen molar-refractivity contribution >= 4 is 15.9 Å². The van der Waals surface area contributed by atoms with Crippen molar-refractivity contribution < 1.29 is 4.42 Å². The zero-order valence-corrected chi connectivity index (χ0v) is 11.1. The molecule has 86 valence electrons.